The number of rotatable bonds is 4. The number of hydrogen-bond acceptors (Lipinski definition) is 4. The normalized spacial score (nSPS) is 32.3. The molecule has 6 heteroatoms. The summed E-state index contributed by atoms with van der Waals surface area (Å²) in [6.45, 7) is 0. The van der Waals surface area contributed by atoms with Crippen LogP contribution in [-0.4, -0.2) is 35.6 Å². The second kappa shape index (κ2) is 8.20. The molecule has 2 aromatic carbocycles. The Morgan fingerprint density at radius 1 is 0.944 bits per heavy atom. The average Bonchev–Trinajstić information content (AvgIpc) is 3.25. The number of esters is 1. The molecule has 2 atom stereocenters. The fraction of sp³-hybridized carbons (Fsp3) is 0.467. The molecule has 2 heterocycles. The first kappa shape index (κ1) is 22.1. The molecule has 186 valence electrons. The summed E-state index contributed by atoms with van der Waals surface area (Å²) in [5, 5.41) is 8.10. The van der Waals surface area contributed by atoms with Gasteiger partial charge in [0.05, 0.1) is 13.2 Å². The zero-order valence-electron chi connectivity index (χ0n) is 20.7. The van der Waals surface area contributed by atoms with Crippen molar-refractivity contribution in [2.24, 2.45) is 17.8 Å². The molecule has 1 aliphatic heterocycles. The van der Waals surface area contributed by atoms with Crippen molar-refractivity contribution < 1.29 is 14.3 Å². The van der Waals surface area contributed by atoms with E-state index in [-0.39, 0.29) is 23.5 Å². The number of methoxy groups -OCH3 is 1. The lowest BCUT2D eigenvalue weighted by atomic mass is 9.53. The van der Waals surface area contributed by atoms with E-state index >= 15 is 0 Å². The molecule has 4 bridgehead atoms. The van der Waals surface area contributed by atoms with E-state index in [4.69, 9.17) is 4.74 Å². The number of carbonyl (C=O) groups is 2. The highest BCUT2D eigenvalue weighted by Crippen LogP contribution is 2.55. The molecule has 36 heavy (non-hydrogen) atoms. The third-order valence-electron chi connectivity index (χ3n) is 9.32. The Bertz CT molecular complexity index is 1310. The molecule has 3 N–H and O–H groups in total. The van der Waals surface area contributed by atoms with Crippen molar-refractivity contribution in [2.45, 2.75) is 62.6 Å². The summed E-state index contributed by atoms with van der Waals surface area (Å²) in [7, 11) is 1.43. The first-order valence-corrected chi connectivity index (χ1v) is 13.4. The van der Waals surface area contributed by atoms with Crippen LogP contribution in [0.2, 0.25) is 0 Å². The smallest absolute Gasteiger partial charge is 0.323 e. The van der Waals surface area contributed by atoms with Crippen molar-refractivity contribution in [3.63, 3.8) is 0 Å². The predicted octanol–water partition coefficient (Wildman–Crippen LogP) is 4.64. The van der Waals surface area contributed by atoms with Gasteiger partial charge in [-0.1, -0.05) is 30.3 Å². The fourth-order valence-electron chi connectivity index (χ4n) is 8.19. The summed E-state index contributed by atoms with van der Waals surface area (Å²) in [5.74, 6) is 2.17. The Morgan fingerprint density at radius 2 is 1.61 bits per heavy atom. The van der Waals surface area contributed by atoms with Gasteiger partial charge in [0.25, 0.3) is 5.91 Å². The number of amides is 1. The lowest BCUT2D eigenvalue weighted by molar-refractivity contribution is -0.143. The van der Waals surface area contributed by atoms with Crippen molar-refractivity contribution in [3.8, 4) is 0 Å². The number of hydrogen-bond donors (Lipinski definition) is 3. The Morgan fingerprint density at radius 3 is 2.28 bits per heavy atom. The molecule has 6 nitrogen and oxygen atoms in total. The number of fused-ring (bicyclic) bond motifs is 3. The SMILES string of the molecule is COC(=O)[C@H]1Cc2c([nH]c3ccccc23)[C@@H](c2ccc(C(=O)NC34CC5CC(CC(C5)C3)C4)cc2)N1. The molecule has 3 aromatic rings. The molecule has 8 rings (SSSR count). The topological polar surface area (TPSA) is 83.2 Å². The van der Waals surface area contributed by atoms with Crippen LogP contribution in [0, 0.1) is 17.8 Å². The van der Waals surface area contributed by atoms with Crippen molar-refractivity contribution in [1.29, 1.82) is 0 Å². The Hall–Kier alpha value is -3.12. The van der Waals surface area contributed by atoms with Crippen LogP contribution in [-0.2, 0) is 16.0 Å². The number of aromatic nitrogens is 1. The minimum atomic E-state index is -0.425. The lowest BCUT2D eigenvalue weighted by Crippen LogP contribution is -2.59. The van der Waals surface area contributed by atoms with Crippen LogP contribution in [0.5, 0.6) is 0 Å². The second-order valence-electron chi connectivity index (χ2n) is 11.7. The number of para-hydroxylation sites is 1. The predicted molar refractivity (Wildman–Crippen MR) is 138 cm³/mol. The number of benzene rings is 2. The molecular formula is C30H33N3O3. The van der Waals surface area contributed by atoms with Gasteiger partial charge in [0.2, 0.25) is 0 Å². The van der Waals surface area contributed by atoms with Crippen LogP contribution in [0.1, 0.15) is 71.7 Å². The average molecular weight is 484 g/mol. The van der Waals surface area contributed by atoms with Gasteiger partial charge in [0.1, 0.15) is 6.04 Å². The summed E-state index contributed by atoms with van der Waals surface area (Å²) >= 11 is 0. The standard InChI is InChI=1S/C30H33N3O3/c1-36-29(35)25-13-23-22-4-2-3-5-24(22)31-27(23)26(32-25)20-6-8-21(9-7-20)28(34)33-30-14-17-10-18(15-30)12-19(11-17)16-30/h2-9,17-19,25-26,31-32H,10-16H2,1H3,(H,33,34)/t17?,18?,19?,25-,26-,30?/m1/s1. The number of carbonyl (C=O) groups excluding carboxylic acids is 2. The zero-order chi connectivity index (χ0) is 24.4. The van der Waals surface area contributed by atoms with E-state index in [2.05, 4.69) is 27.8 Å². The van der Waals surface area contributed by atoms with E-state index in [0.717, 1.165) is 64.7 Å². The number of H-pyrrole nitrogens is 1. The van der Waals surface area contributed by atoms with Crippen molar-refractivity contribution in [2.75, 3.05) is 7.11 Å². The first-order valence-electron chi connectivity index (χ1n) is 13.4. The molecule has 1 aromatic heterocycles. The van der Waals surface area contributed by atoms with Crippen molar-refractivity contribution >= 4 is 22.8 Å². The van der Waals surface area contributed by atoms with E-state index in [0.29, 0.717) is 12.0 Å². The van der Waals surface area contributed by atoms with Gasteiger partial charge >= 0.3 is 5.97 Å². The quantitative estimate of drug-likeness (QED) is 0.472. The molecule has 5 aliphatic rings. The molecule has 0 saturated heterocycles. The van der Waals surface area contributed by atoms with Crippen LogP contribution in [0.3, 0.4) is 0 Å². The molecule has 4 fully saturated rings. The van der Waals surface area contributed by atoms with Gasteiger partial charge in [-0.25, -0.2) is 0 Å². The number of aromatic amines is 1. The van der Waals surface area contributed by atoms with Crippen LogP contribution < -0.4 is 10.6 Å². The van der Waals surface area contributed by atoms with Gasteiger partial charge < -0.3 is 15.0 Å². The summed E-state index contributed by atoms with van der Waals surface area (Å²) in [5.41, 5.74) is 5.00. The van der Waals surface area contributed by atoms with Gasteiger partial charge in [-0.05, 0) is 85.6 Å². The van der Waals surface area contributed by atoms with E-state index in [1.54, 1.807) is 0 Å². The van der Waals surface area contributed by atoms with Crippen LogP contribution in [0.4, 0.5) is 0 Å². The van der Waals surface area contributed by atoms with Crippen LogP contribution in [0.15, 0.2) is 48.5 Å². The van der Waals surface area contributed by atoms with Crippen LogP contribution >= 0.6 is 0 Å². The first-order chi connectivity index (χ1) is 17.5. The molecule has 4 aliphatic carbocycles. The van der Waals surface area contributed by atoms with Crippen LogP contribution in [0.25, 0.3) is 10.9 Å². The molecule has 0 radical (unpaired) electrons. The molecule has 4 saturated carbocycles. The van der Waals surface area contributed by atoms with E-state index in [1.165, 1.54) is 26.4 Å². The number of nitrogens with one attached hydrogen (secondary N) is 3. The monoisotopic (exact) mass is 483 g/mol. The second-order valence-corrected chi connectivity index (χ2v) is 11.7. The third kappa shape index (κ3) is 3.57. The summed E-state index contributed by atoms with van der Waals surface area (Å²) in [4.78, 5) is 29.4. The van der Waals surface area contributed by atoms with Gasteiger partial charge in [-0.3, -0.25) is 14.9 Å². The van der Waals surface area contributed by atoms with E-state index in [1.807, 2.05) is 36.4 Å². The van der Waals surface area contributed by atoms with Gasteiger partial charge in [0.15, 0.2) is 0 Å². The Balaban J connectivity index is 1.16. The third-order valence-corrected chi connectivity index (χ3v) is 9.32. The highest BCUT2D eigenvalue weighted by molar-refractivity contribution is 5.95. The lowest BCUT2D eigenvalue weighted by Gasteiger charge is -2.56. The maximum atomic E-state index is 13.3. The maximum absolute atomic E-state index is 13.3. The molecule has 0 spiro atoms. The minimum Gasteiger partial charge on any atom is -0.468 e. The minimum absolute atomic E-state index is 0.00240. The fourth-order valence-corrected chi connectivity index (χ4v) is 8.19. The maximum Gasteiger partial charge on any atom is 0.323 e. The Kier molecular flexibility index (Phi) is 5.04. The highest BCUT2D eigenvalue weighted by Gasteiger charge is 2.51. The molecule has 0 unspecified atom stereocenters. The zero-order valence-corrected chi connectivity index (χ0v) is 20.7. The largest absolute Gasteiger partial charge is 0.468 e. The van der Waals surface area contributed by atoms with E-state index < -0.39 is 6.04 Å². The molecule has 1 amide bonds. The Labute approximate surface area is 211 Å². The highest BCUT2D eigenvalue weighted by atomic mass is 16.5. The van der Waals surface area contributed by atoms with Gasteiger partial charge in [-0.2, -0.15) is 0 Å². The summed E-state index contributed by atoms with van der Waals surface area (Å²) in [6, 6.07) is 15.5. The van der Waals surface area contributed by atoms with Crippen molar-refractivity contribution in [1.82, 2.24) is 15.6 Å². The van der Waals surface area contributed by atoms with Gasteiger partial charge in [-0.15, -0.1) is 0 Å². The van der Waals surface area contributed by atoms with Gasteiger partial charge in [0, 0.05) is 34.1 Å². The number of ether oxygens (including phenoxy) is 1. The van der Waals surface area contributed by atoms with Crippen molar-refractivity contribution in [3.05, 3.63) is 70.9 Å². The van der Waals surface area contributed by atoms with E-state index in [9.17, 15) is 9.59 Å². The summed E-state index contributed by atoms with van der Waals surface area (Å²) < 4.78 is 5.08. The molecular weight excluding hydrogens is 450 g/mol. The summed E-state index contributed by atoms with van der Waals surface area (Å²) in [6.07, 6.45) is 8.10.